The third kappa shape index (κ3) is 12.5. The van der Waals surface area contributed by atoms with Crippen molar-refractivity contribution in [3.8, 4) is 11.5 Å². The highest BCUT2D eigenvalue weighted by molar-refractivity contribution is 5.94. The van der Waals surface area contributed by atoms with Gasteiger partial charge in [0.1, 0.15) is 23.2 Å². The minimum Gasteiger partial charge on any atom is -0.497 e. The van der Waals surface area contributed by atoms with Crippen molar-refractivity contribution >= 4 is 34.8 Å². The molecule has 314 valence electrons. The molecule has 5 aromatic rings. The molecule has 0 aliphatic rings. The van der Waals surface area contributed by atoms with Gasteiger partial charge in [0, 0.05) is 52.0 Å². The van der Waals surface area contributed by atoms with Crippen LogP contribution >= 0.6 is 0 Å². The van der Waals surface area contributed by atoms with Crippen LogP contribution in [0.2, 0.25) is 0 Å². The van der Waals surface area contributed by atoms with E-state index in [-0.39, 0.29) is 44.5 Å². The first-order valence-electron chi connectivity index (χ1n) is 19.7. The number of ether oxygens (including phenoxy) is 5. The van der Waals surface area contributed by atoms with Gasteiger partial charge in [-0.15, -0.1) is 0 Å². The smallest absolute Gasteiger partial charge is 0.306 e. The minimum absolute atomic E-state index is 0.00552. The third-order valence-corrected chi connectivity index (χ3v) is 9.62. The summed E-state index contributed by atoms with van der Waals surface area (Å²) in [6.45, 7) is 0.559. The second-order valence-corrected chi connectivity index (χ2v) is 13.9. The van der Waals surface area contributed by atoms with Crippen LogP contribution in [0.15, 0.2) is 138 Å². The molecule has 5 aromatic carbocycles. The predicted octanol–water partition coefficient (Wildman–Crippen LogP) is 7.77. The number of anilines is 1. The van der Waals surface area contributed by atoms with Gasteiger partial charge in [-0.1, -0.05) is 54.6 Å². The van der Waals surface area contributed by atoms with E-state index < -0.39 is 17.7 Å². The van der Waals surface area contributed by atoms with Gasteiger partial charge >= 0.3 is 5.97 Å². The molecule has 0 aliphatic heterocycles. The fourth-order valence-electron chi connectivity index (χ4n) is 6.30. The number of carbonyl (C=O) groups excluding carboxylic acids is 3. The Morgan fingerprint density at radius 1 is 0.683 bits per heavy atom. The molecule has 0 saturated heterocycles. The molecule has 0 bridgehead atoms. The fourth-order valence-corrected chi connectivity index (χ4v) is 6.30. The van der Waals surface area contributed by atoms with E-state index in [9.17, 15) is 14.4 Å². The van der Waals surface area contributed by atoms with Crippen molar-refractivity contribution in [3.05, 3.63) is 150 Å². The van der Waals surface area contributed by atoms with Crippen LogP contribution in [0.4, 0.5) is 17.1 Å². The number of nitrogens with one attached hydrogen (secondary N) is 2. The number of benzene rings is 5. The molecule has 0 heterocycles. The normalized spacial score (nSPS) is 11.8. The second kappa shape index (κ2) is 22.5. The number of hydrogen-bond acceptors (Lipinski definition) is 11. The van der Waals surface area contributed by atoms with Gasteiger partial charge in [-0.05, 0) is 95.9 Å². The van der Waals surface area contributed by atoms with Crippen LogP contribution in [-0.2, 0) is 29.4 Å². The maximum absolute atomic E-state index is 13.0. The maximum Gasteiger partial charge on any atom is 0.306 e. The molecule has 13 nitrogen and oxygen atoms in total. The Labute approximate surface area is 351 Å². The number of hydrogen-bond donors (Lipinski definition) is 2. The Bertz CT molecular complexity index is 2080. The van der Waals surface area contributed by atoms with E-state index >= 15 is 0 Å². The molecule has 60 heavy (non-hydrogen) atoms. The zero-order chi connectivity index (χ0) is 42.7. The van der Waals surface area contributed by atoms with E-state index in [0.29, 0.717) is 35.7 Å². The topological polar surface area (TPSA) is 149 Å². The van der Waals surface area contributed by atoms with Crippen LogP contribution in [0.3, 0.4) is 0 Å². The highest BCUT2D eigenvalue weighted by Gasteiger charge is 2.39. The van der Waals surface area contributed by atoms with Crippen molar-refractivity contribution in [2.24, 2.45) is 10.2 Å². The Morgan fingerprint density at radius 3 is 1.77 bits per heavy atom. The van der Waals surface area contributed by atoms with E-state index in [1.165, 1.54) is 7.05 Å². The molecule has 0 saturated carbocycles. The number of amides is 2. The third-order valence-electron chi connectivity index (χ3n) is 9.62. The SMILES string of the molecule is CNC(=O)CCC(=O)OC(COCCCNC(=O)c1ccc(N=Nc2ccc(N(C)C)cc2)cc1)COC(c1ccccc1)(c1ccc(OC)cc1)c1ccc(OC)cc1. The molecular weight excluding hydrogens is 763 g/mol. The van der Waals surface area contributed by atoms with Gasteiger partial charge in [0.25, 0.3) is 5.91 Å². The summed E-state index contributed by atoms with van der Waals surface area (Å²) in [6, 6.07) is 39.6. The predicted molar refractivity (Wildman–Crippen MR) is 231 cm³/mol. The van der Waals surface area contributed by atoms with Gasteiger partial charge in [-0.3, -0.25) is 14.4 Å². The van der Waals surface area contributed by atoms with E-state index in [4.69, 9.17) is 23.7 Å². The minimum atomic E-state index is -1.16. The summed E-state index contributed by atoms with van der Waals surface area (Å²) in [5.74, 6) is 0.295. The highest BCUT2D eigenvalue weighted by atomic mass is 16.6. The summed E-state index contributed by atoms with van der Waals surface area (Å²) in [4.78, 5) is 39.9. The first kappa shape index (κ1) is 44.5. The van der Waals surface area contributed by atoms with E-state index in [2.05, 4.69) is 20.9 Å². The van der Waals surface area contributed by atoms with Crippen molar-refractivity contribution in [3.63, 3.8) is 0 Å². The lowest BCUT2D eigenvalue weighted by Crippen LogP contribution is -2.38. The van der Waals surface area contributed by atoms with Crippen molar-refractivity contribution in [1.29, 1.82) is 0 Å². The van der Waals surface area contributed by atoms with Gasteiger partial charge < -0.3 is 39.2 Å². The number of nitrogens with zero attached hydrogens (tertiary/aromatic N) is 3. The van der Waals surface area contributed by atoms with Gasteiger partial charge in [0.2, 0.25) is 5.91 Å². The molecular formula is C47H53N5O8. The highest BCUT2D eigenvalue weighted by Crippen LogP contribution is 2.42. The first-order chi connectivity index (χ1) is 29.1. The summed E-state index contributed by atoms with van der Waals surface area (Å²) in [5, 5.41) is 14.0. The summed E-state index contributed by atoms with van der Waals surface area (Å²) >= 11 is 0. The van der Waals surface area contributed by atoms with Crippen molar-refractivity contribution in [2.75, 3.05) is 66.6 Å². The monoisotopic (exact) mass is 815 g/mol. The molecule has 13 heteroatoms. The van der Waals surface area contributed by atoms with Crippen LogP contribution in [0.5, 0.6) is 11.5 Å². The molecule has 1 atom stereocenters. The number of azo groups is 1. The van der Waals surface area contributed by atoms with Gasteiger partial charge in [0.15, 0.2) is 0 Å². The lowest BCUT2D eigenvalue weighted by Gasteiger charge is -2.37. The van der Waals surface area contributed by atoms with Crippen molar-refractivity contribution in [1.82, 2.24) is 10.6 Å². The molecule has 2 amide bonds. The van der Waals surface area contributed by atoms with Gasteiger partial charge in [-0.2, -0.15) is 10.2 Å². The van der Waals surface area contributed by atoms with Crippen LogP contribution < -0.4 is 25.0 Å². The van der Waals surface area contributed by atoms with E-state index in [1.807, 2.05) is 122 Å². The summed E-state index contributed by atoms with van der Waals surface area (Å²) in [5.41, 5.74) is 4.21. The molecule has 0 radical (unpaired) electrons. The first-order valence-corrected chi connectivity index (χ1v) is 19.7. The number of esters is 1. The summed E-state index contributed by atoms with van der Waals surface area (Å²) < 4.78 is 29.8. The average Bonchev–Trinajstić information content (AvgIpc) is 3.29. The average molecular weight is 816 g/mol. The van der Waals surface area contributed by atoms with Crippen LogP contribution in [0.1, 0.15) is 46.3 Å². The van der Waals surface area contributed by atoms with Gasteiger partial charge in [0.05, 0.1) is 45.2 Å². The van der Waals surface area contributed by atoms with Crippen LogP contribution in [0.25, 0.3) is 0 Å². The molecule has 0 aliphatic carbocycles. The Kier molecular flexibility index (Phi) is 16.7. The second-order valence-electron chi connectivity index (χ2n) is 13.9. The zero-order valence-corrected chi connectivity index (χ0v) is 34.8. The largest absolute Gasteiger partial charge is 0.497 e. The van der Waals surface area contributed by atoms with Crippen molar-refractivity contribution < 1.29 is 38.1 Å². The van der Waals surface area contributed by atoms with Crippen molar-refractivity contribution in [2.45, 2.75) is 31.0 Å². The number of methoxy groups -OCH3 is 2. The van der Waals surface area contributed by atoms with Gasteiger partial charge in [-0.25, -0.2) is 0 Å². The summed E-state index contributed by atoms with van der Waals surface area (Å²) in [6.07, 6.45) is -0.482. The van der Waals surface area contributed by atoms with E-state index in [0.717, 1.165) is 28.1 Å². The summed E-state index contributed by atoms with van der Waals surface area (Å²) in [7, 11) is 8.68. The molecule has 0 fully saturated rings. The van der Waals surface area contributed by atoms with Crippen LogP contribution in [0, 0.1) is 0 Å². The molecule has 0 spiro atoms. The Morgan fingerprint density at radius 2 is 1.23 bits per heavy atom. The maximum atomic E-state index is 13.0. The standard InChI is InChI=1S/C47H53N5O8/c1-48-44(53)28-29-45(54)60-43(32-58-31-9-30-49-46(55)34-12-18-38(19-13-34)50-51-39-20-22-40(23-21-39)52(2)3)33-59-47(35-10-7-6-8-11-35,36-14-24-41(56-4)25-15-36)37-16-26-42(57-5)27-17-37/h6-8,10-27,43H,9,28-33H2,1-5H3,(H,48,53)(H,49,55). The molecule has 0 aromatic heterocycles. The van der Waals surface area contributed by atoms with Crippen LogP contribution in [-0.4, -0.2) is 85.6 Å². The lowest BCUT2D eigenvalue weighted by atomic mass is 9.80. The zero-order valence-electron chi connectivity index (χ0n) is 34.8. The quantitative estimate of drug-likeness (QED) is 0.0309. The Balaban J connectivity index is 1.23. The Hall–Kier alpha value is -6.57. The fraction of sp³-hybridized carbons (Fsp3) is 0.298. The molecule has 2 N–H and O–H groups in total. The molecule has 5 rings (SSSR count). The lowest BCUT2D eigenvalue weighted by molar-refractivity contribution is -0.160. The van der Waals surface area contributed by atoms with E-state index in [1.54, 1.807) is 38.5 Å². The number of rotatable bonds is 22. The molecule has 1 unspecified atom stereocenters. The number of carbonyl (C=O) groups is 3.